The minimum Gasteiger partial charge on any atom is -0.488 e. The van der Waals surface area contributed by atoms with Crippen molar-refractivity contribution in [2.45, 2.75) is 32.7 Å². The van der Waals surface area contributed by atoms with Gasteiger partial charge in [0, 0.05) is 19.6 Å². The maximum absolute atomic E-state index is 12.3. The molecule has 158 valence electrons. The summed E-state index contributed by atoms with van der Waals surface area (Å²) in [7, 11) is 1.42. The van der Waals surface area contributed by atoms with Crippen LogP contribution < -0.4 is 10.1 Å². The molecule has 1 saturated heterocycles. The van der Waals surface area contributed by atoms with E-state index in [-0.39, 0.29) is 35.9 Å². The molecular formula is C19H28F2IN3O3. The fourth-order valence-electron chi connectivity index (χ4n) is 2.98. The molecule has 1 heterocycles. The molecule has 9 heteroatoms. The van der Waals surface area contributed by atoms with Crippen LogP contribution in [0.2, 0.25) is 0 Å². The van der Waals surface area contributed by atoms with Gasteiger partial charge < -0.3 is 19.7 Å². The highest BCUT2D eigenvalue weighted by molar-refractivity contribution is 14.0. The van der Waals surface area contributed by atoms with Crippen molar-refractivity contribution in [3.63, 3.8) is 0 Å². The van der Waals surface area contributed by atoms with Gasteiger partial charge in [0.2, 0.25) is 0 Å². The number of ether oxygens (including phenoxy) is 2. The number of methoxy groups -OCH3 is 1. The largest absolute Gasteiger partial charge is 0.488 e. The molecule has 0 radical (unpaired) electrons. The molecule has 0 unspecified atom stereocenters. The van der Waals surface area contributed by atoms with Gasteiger partial charge in [0.25, 0.3) is 6.43 Å². The summed E-state index contributed by atoms with van der Waals surface area (Å²) in [5, 5.41) is 3.26. The third-order valence-electron chi connectivity index (χ3n) is 4.35. The molecule has 0 amide bonds. The number of hydrogen-bond donors (Lipinski definition) is 1. The molecule has 1 aliphatic heterocycles. The van der Waals surface area contributed by atoms with Crippen molar-refractivity contribution in [3.05, 3.63) is 29.8 Å². The summed E-state index contributed by atoms with van der Waals surface area (Å²) in [6.07, 6.45) is -1.04. The normalized spacial score (nSPS) is 15.2. The van der Waals surface area contributed by atoms with Crippen LogP contribution >= 0.6 is 24.0 Å². The molecule has 1 N–H and O–H groups in total. The lowest BCUT2D eigenvalue weighted by Gasteiger charge is -2.33. The number of carbonyl (C=O) groups is 1. The molecule has 0 spiro atoms. The van der Waals surface area contributed by atoms with Gasteiger partial charge in [-0.3, -0.25) is 4.79 Å². The van der Waals surface area contributed by atoms with Crippen molar-refractivity contribution >= 4 is 35.9 Å². The Morgan fingerprint density at radius 3 is 2.68 bits per heavy atom. The zero-order valence-electron chi connectivity index (χ0n) is 16.2. The molecule has 0 aliphatic carbocycles. The summed E-state index contributed by atoms with van der Waals surface area (Å²) in [6.45, 7) is 3.96. The predicted octanol–water partition coefficient (Wildman–Crippen LogP) is 3.30. The number of hydrogen-bond acceptors (Lipinski definition) is 4. The van der Waals surface area contributed by atoms with Crippen LogP contribution in [0.25, 0.3) is 0 Å². The molecule has 0 atom stereocenters. The van der Waals surface area contributed by atoms with E-state index < -0.39 is 13.0 Å². The smallest absolute Gasteiger partial charge is 0.308 e. The number of rotatable bonds is 7. The predicted molar refractivity (Wildman–Crippen MR) is 114 cm³/mol. The summed E-state index contributed by atoms with van der Waals surface area (Å²) in [4.78, 5) is 18.4. The minimum absolute atomic E-state index is 0. The summed E-state index contributed by atoms with van der Waals surface area (Å²) in [5.74, 6) is 0.974. The van der Waals surface area contributed by atoms with E-state index in [2.05, 4.69) is 15.2 Å². The van der Waals surface area contributed by atoms with Gasteiger partial charge in [-0.1, -0.05) is 12.1 Å². The molecule has 1 aromatic carbocycles. The minimum atomic E-state index is -2.50. The topological polar surface area (TPSA) is 63.2 Å². The van der Waals surface area contributed by atoms with Crippen molar-refractivity contribution in [1.82, 2.24) is 10.2 Å². The Hall–Kier alpha value is -1.65. The number of nitrogens with one attached hydrogen (secondary N) is 1. The maximum atomic E-state index is 12.3. The fourth-order valence-corrected chi connectivity index (χ4v) is 2.98. The quantitative estimate of drug-likeness (QED) is 0.264. The maximum Gasteiger partial charge on any atom is 0.308 e. The second-order valence-corrected chi connectivity index (χ2v) is 6.30. The van der Waals surface area contributed by atoms with E-state index in [9.17, 15) is 13.6 Å². The summed E-state index contributed by atoms with van der Waals surface area (Å²) >= 11 is 0. The van der Waals surface area contributed by atoms with Gasteiger partial charge in [-0.05, 0) is 37.5 Å². The van der Waals surface area contributed by atoms with Gasteiger partial charge in [0.05, 0.1) is 19.6 Å². The number of piperidine rings is 1. The van der Waals surface area contributed by atoms with E-state index >= 15 is 0 Å². The van der Waals surface area contributed by atoms with Crippen LogP contribution in [0.5, 0.6) is 5.75 Å². The number of guanidine groups is 1. The summed E-state index contributed by atoms with van der Waals surface area (Å²) in [5.41, 5.74) is 0.876. The summed E-state index contributed by atoms with van der Waals surface area (Å²) in [6, 6.07) is 7.02. The van der Waals surface area contributed by atoms with Gasteiger partial charge in [0.1, 0.15) is 12.4 Å². The van der Waals surface area contributed by atoms with Crippen molar-refractivity contribution in [3.8, 4) is 5.75 Å². The molecule has 2 rings (SSSR count). The third kappa shape index (κ3) is 7.76. The van der Waals surface area contributed by atoms with Crippen molar-refractivity contribution in [1.29, 1.82) is 0 Å². The lowest BCUT2D eigenvalue weighted by Crippen LogP contribution is -2.46. The van der Waals surface area contributed by atoms with E-state index in [1.165, 1.54) is 7.11 Å². The van der Waals surface area contributed by atoms with Gasteiger partial charge in [-0.2, -0.15) is 0 Å². The average Bonchev–Trinajstić information content (AvgIpc) is 2.69. The Labute approximate surface area is 181 Å². The third-order valence-corrected chi connectivity index (χ3v) is 4.35. The fraction of sp³-hybridized carbons (Fsp3) is 0.579. The Morgan fingerprint density at radius 1 is 1.36 bits per heavy atom. The SMILES string of the molecule is CCNC(=NCc1cccc(OCC(F)F)c1)N1CCC(C(=O)OC)CC1.I. The van der Waals surface area contributed by atoms with E-state index in [4.69, 9.17) is 9.47 Å². The molecule has 0 aromatic heterocycles. The Kier molecular flexibility index (Phi) is 11.1. The molecular weight excluding hydrogens is 483 g/mol. The van der Waals surface area contributed by atoms with Gasteiger partial charge in [0.15, 0.2) is 5.96 Å². The molecule has 0 saturated carbocycles. The highest BCUT2D eigenvalue weighted by Gasteiger charge is 2.26. The van der Waals surface area contributed by atoms with E-state index in [0.717, 1.165) is 44.0 Å². The first kappa shape index (κ1) is 24.4. The first-order chi connectivity index (χ1) is 13.0. The zero-order chi connectivity index (χ0) is 19.6. The van der Waals surface area contributed by atoms with Crippen LogP contribution in [0.3, 0.4) is 0 Å². The molecule has 1 fully saturated rings. The Bertz CT molecular complexity index is 639. The first-order valence-corrected chi connectivity index (χ1v) is 9.14. The first-order valence-electron chi connectivity index (χ1n) is 9.14. The van der Waals surface area contributed by atoms with Crippen molar-refractivity contribution in [2.24, 2.45) is 10.9 Å². The van der Waals surface area contributed by atoms with Crippen LogP contribution in [-0.4, -0.2) is 56.6 Å². The molecule has 0 bridgehead atoms. The highest BCUT2D eigenvalue weighted by Crippen LogP contribution is 2.19. The van der Waals surface area contributed by atoms with E-state index in [1.807, 2.05) is 13.0 Å². The van der Waals surface area contributed by atoms with Crippen LogP contribution in [0.4, 0.5) is 8.78 Å². The number of halogens is 3. The summed E-state index contributed by atoms with van der Waals surface area (Å²) < 4.78 is 34.4. The van der Waals surface area contributed by atoms with Gasteiger partial charge in [-0.15, -0.1) is 24.0 Å². The zero-order valence-corrected chi connectivity index (χ0v) is 18.5. The second kappa shape index (κ2) is 12.7. The average molecular weight is 511 g/mol. The van der Waals surface area contributed by atoms with E-state index in [1.54, 1.807) is 18.2 Å². The van der Waals surface area contributed by atoms with Crippen LogP contribution in [0, 0.1) is 5.92 Å². The second-order valence-electron chi connectivity index (χ2n) is 6.30. The number of carbonyl (C=O) groups excluding carboxylic acids is 1. The standard InChI is InChI=1S/C19H27F2N3O3.HI/c1-3-22-19(24-9-7-15(8-10-24)18(25)26-2)23-12-14-5-4-6-16(11-14)27-13-17(20)21;/h4-6,11,15,17H,3,7-10,12-13H2,1-2H3,(H,22,23);1H. The highest BCUT2D eigenvalue weighted by atomic mass is 127. The van der Waals surface area contributed by atoms with E-state index in [0.29, 0.717) is 12.3 Å². The number of nitrogens with zero attached hydrogens (tertiary/aromatic N) is 2. The molecule has 6 nitrogen and oxygen atoms in total. The van der Waals surface area contributed by atoms with Crippen LogP contribution in [0.1, 0.15) is 25.3 Å². The van der Waals surface area contributed by atoms with Crippen molar-refractivity contribution < 1.29 is 23.0 Å². The van der Waals surface area contributed by atoms with Gasteiger partial charge >= 0.3 is 5.97 Å². The molecule has 28 heavy (non-hydrogen) atoms. The Balaban J connectivity index is 0.00000392. The lowest BCUT2D eigenvalue weighted by molar-refractivity contribution is -0.146. The van der Waals surface area contributed by atoms with Crippen LogP contribution in [-0.2, 0) is 16.1 Å². The monoisotopic (exact) mass is 511 g/mol. The number of likely N-dealkylation sites (tertiary alicyclic amines) is 1. The molecule has 1 aliphatic rings. The lowest BCUT2D eigenvalue weighted by atomic mass is 9.97. The van der Waals surface area contributed by atoms with Gasteiger partial charge in [-0.25, -0.2) is 13.8 Å². The van der Waals surface area contributed by atoms with Crippen molar-refractivity contribution in [2.75, 3.05) is 33.4 Å². The van der Waals surface area contributed by atoms with Crippen LogP contribution in [0.15, 0.2) is 29.3 Å². The number of aliphatic imine (C=N–C) groups is 1. The number of alkyl halides is 2. The Morgan fingerprint density at radius 2 is 2.07 bits per heavy atom. The number of benzene rings is 1. The molecule has 1 aromatic rings. The number of esters is 1.